The van der Waals surface area contributed by atoms with Gasteiger partial charge in [0.2, 0.25) is 0 Å². The second kappa shape index (κ2) is 12.7. The summed E-state index contributed by atoms with van der Waals surface area (Å²) in [4.78, 5) is 19.0. The molecule has 1 amide bonds. The van der Waals surface area contributed by atoms with Crippen molar-refractivity contribution in [1.29, 1.82) is 0 Å². The molecule has 0 fully saturated rings. The van der Waals surface area contributed by atoms with Crippen LogP contribution < -0.4 is 0 Å². The third kappa shape index (κ3) is 7.49. The van der Waals surface area contributed by atoms with Crippen LogP contribution in [0.2, 0.25) is 25.7 Å². The highest BCUT2D eigenvalue weighted by molar-refractivity contribution is 6.76. The minimum Gasteiger partial charge on any atom is -0.444 e. The molecule has 0 aliphatic heterocycles. The standard InChI is InChI=1S/C35H50N6O3Si/c1-23(2)30-31(27-12-11-26-19-29(14-13-25(26)18-27)39(7)34(42)44-35(4,5)6)38-41(22-43-15-16-45(8,9)10)32(30)28-17-24(3)33-36-21-37-40(33)20-28/h11-12,17-18,20-21,23,29H,13-16,19,22H2,1-10H3. The summed E-state index contributed by atoms with van der Waals surface area (Å²) in [5, 5.41) is 9.70. The number of pyridine rings is 1. The highest BCUT2D eigenvalue weighted by Crippen LogP contribution is 2.39. The van der Waals surface area contributed by atoms with E-state index in [1.165, 1.54) is 16.7 Å². The molecule has 1 unspecified atom stereocenters. The summed E-state index contributed by atoms with van der Waals surface area (Å²) < 4.78 is 15.8. The van der Waals surface area contributed by atoms with E-state index in [-0.39, 0.29) is 18.1 Å². The van der Waals surface area contributed by atoms with Gasteiger partial charge in [-0.05, 0) is 87.7 Å². The monoisotopic (exact) mass is 630 g/mol. The molecule has 0 saturated heterocycles. The predicted molar refractivity (Wildman–Crippen MR) is 182 cm³/mol. The van der Waals surface area contributed by atoms with E-state index in [1.54, 1.807) is 11.2 Å². The maximum atomic E-state index is 12.8. The Bertz CT molecular complexity index is 1680. The number of aryl methyl sites for hydroxylation is 2. The Morgan fingerprint density at radius 3 is 2.58 bits per heavy atom. The van der Waals surface area contributed by atoms with Crippen molar-refractivity contribution in [2.75, 3.05) is 13.7 Å². The van der Waals surface area contributed by atoms with Gasteiger partial charge in [0, 0.05) is 50.7 Å². The topological polar surface area (TPSA) is 86.8 Å². The molecular formula is C35H50N6O3Si. The van der Waals surface area contributed by atoms with Crippen LogP contribution in [0.25, 0.3) is 28.2 Å². The molecule has 242 valence electrons. The second-order valence-electron chi connectivity index (χ2n) is 15.0. The number of nitrogens with zero attached hydrogens (tertiary/aromatic N) is 6. The van der Waals surface area contributed by atoms with Gasteiger partial charge in [-0.15, -0.1) is 0 Å². The SMILES string of the molecule is Cc1cc(-c2c(C(C)C)c(-c3ccc4c(c3)CCC(N(C)C(=O)OC(C)(C)C)C4)nn2COCC[Si](C)(C)C)cn2ncnc12. The highest BCUT2D eigenvalue weighted by atomic mass is 28.3. The number of carbonyl (C=O) groups excluding carboxylic acids is 1. The fourth-order valence-corrected chi connectivity index (χ4v) is 6.84. The lowest BCUT2D eigenvalue weighted by atomic mass is 9.85. The molecule has 1 aliphatic carbocycles. The van der Waals surface area contributed by atoms with Gasteiger partial charge in [0.25, 0.3) is 0 Å². The van der Waals surface area contributed by atoms with Gasteiger partial charge in [0.15, 0.2) is 5.65 Å². The van der Waals surface area contributed by atoms with E-state index in [0.717, 1.165) is 65.6 Å². The van der Waals surface area contributed by atoms with Crippen LogP contribution in [0, 0.1) is 6.92 Å². The Balaban J connectivity index is 1.50. The predicted octanol–water partition coefficient (Wildman–Crippen LogP) is 7.73. The van der Waals surface area contributed by atoms with Crippen molar-refractivity contribution in [2.24, 2.45) is 0 Å². The minimum atomic E-state index is -1.22. The molecule has 0 saturated carbocycles. The van der Waals surface area contributed by atoms with Crippen molar-refractivity contribution < 1.29 is 14.3 Å². The third-order valence-electron chi connectivity index (χ3n) is 8.52. The van der Waals surface area contributed by atoms with Crippen LogP contribution >= 0.6 is 0 Å². The van der Waals surface area contributed by atoms with Gasteiger partial charge in [-0.2, -0.15) is 10.2 Å². The van der Waals surface area contributed by atoms with Gasteiger partial charge in [-0.25, -0.2) is 19.0 Å². The van der Waals surface area contributed by atoms with Crippen LogP contribution in [0.3, 0.4) is 0 Å². The Hall–Kier alpha value is -3.50. The summed E-state index contributed by atoms with van der Waals surface area (Å²) in [5.41, 5.74) is 9.40. The maximum absolute atomic E-state index is 12.8. The first-order valence-corrected chi connectivity index (χ1v) is 19.9. The molecule has 1 aliphatic rings. The van der Waals surface area contributed by atoms with Gasteiger partial charge in [0.1, 0.15) is 18.7 Å². The van der Waals surface area contributed by atoms with E-state index >= 15 is 0 Å². The summed E-state index contributed by atoms with van der Waals surface area (Å²) in [6.45, 7) is 20.5. The fraction of sp³-hybridized carbons (Fsp3) is 0.543. The van der Waals surface area contributed by atoms with Gasteiger partial charge < -0.3 is 14.4 Å². The molecule has 4 aromatic rings. The Morgan fingerprint density at radius 2 is 1.89 bits per heavy atom. The molecule has 1 atom stereocenters. The molecule has 10 heteroatoms. The molecule has 0 N–H and O–H groups in total. The van der Waals surface area contributed by atoms with E-state index in [9.17, 15) is 4.79 Å². The summed E-state index contributed by atoms with van der Waals surface area (Å²) in [6.07, 6.45) is 5.98. The molecule has 5 rings (SSSR count). The third-order valence-corrected chi connectivity index (χ3v) is 10.2. The van der Waals surface area contributed by atoms with E-state index < -0.39 is 13.7 Å². The number of fused-ring (bicyclic) bond motifs is 2. The number of likely N-dealkylation sites (N-methyl/N-ethyl adjacent to an activating group) is 1. The van der Waals surface area contributed by atoms with Crippen LogP contribution in [-0.4, -0.2) is 68.7 Å². The number of hydrogen-bond donors (Lipinski definition) is 0. The zero-order valence-electron chi connectivity index (χ0n) is 28.8. The maximum Gasteiger partial charge on any atom is 0.410 e. The molecule has 1 aromatic carbocycles. The lowest BCUT2D eigenvalue weighted by Gasteiger charge is -2.34. The van der Waals surface area contributed by atoms with E-state index in [4.69, 9.17) is 14.6 Å². The number of benzene rings is 1. The summed E-state index contributed by atoms with van der Waals surface area (Å²) in [6, 6.07) is 10.1. The van der Waals surface area contributed by atoms with E-state index in [1.807, 2.05) is 37.0 Å². The zero-order valence-corrected chi connectivity index (χ0v) is 29.8. The number of amides is 1. The van der Waals surface area contributed by atoms with Crippen molar-refractivity contribution >= 4 is 19.8 Å². The summed E-state index contributed by atoms with van der Waals surface area (Å²) >= 11 is 0. The van der Waals surface area contributed by atoms with Gasteiger partial charge in [-0.3, -0.25) is 0 Å². The molecule has 3 heterocycles. The van der Waals surface area contributed by atoms with Gasteiger partial charge >= 0.3 is 6.09 Å². The van der Waals surface area contributed by atoms with Crippen molar-refractivity contribution in [1.82, 2.24) is 29.3 Å². The summed E-state index contributed by atoms with van der Waals surface area (Å²) in [5.74, 6) is 0.223. The van der Waals surface area contributed by atoms with Crippen LogP contribution in [0.4, 0.5) is 4.79 Å². The van der Waals surface area contributed by atoms with Crippen molar-refractivity contribution in [3.8, 4) is 22.5 Å². The first-order valence-electron chi connectivity index (χ1n) is 16.2. The molecule has 45 heavy (non-hydrogen) atoms. The van der Waals surface area contributed by atoms with E-state index in [0.29, 0.717) is 6.73 Å². The Kier molecular flexibility index (Phi) is 9.29. The van der Waals surface area contributed by atoms with Crippen LogP contribution in [-0.2, 0) is 29.0 Å². The van der Waals surface area contributed by atoms with Crippen molar-refractivity contribution in [3.05, 3.63) is 59.0 Å². The lowest BCUT2D eigenvalue weighted by molar-refractivity contribution is 0.0210. The van der Waals surface area contributed by atoms with Crippen molar-refractivity contribution in [3.63, 3.8) is 0 Å². The molecule has 9 nitrogen and oxygen atoms in total. The average molecular weight is 631 g/mol. The summed E-state index contributed by atoms with van der Waals surface area (Å²) in [7, 11) is 0.628. The van der Waals surface area contributed by atoms with Crippen LogP contribution in [0.5, 0.6) is 0 Å². The average Bonchev–Trinajstić information content (AvgIpc) is 3.58. The Morgan fingerprint density at radius 1 is 1.13 bits per heavy atom. The minimum absolute atomic E-state index is 0.110. The largest absolute Gasteiger partial charge is 0.444 e. The number of hydrogen-bond acceptors (Lipinski definition) is 6. The zero-order chi connectivity index (χ0) is 32.7. The number of aromatic nitrogens is 5. The van der Waals surface area contributed by atoms with Gasteiger partial charge in [-0.1, -0.05) is 45.6 Å². The first kappa shape index (κ1) is 32.9. The number of rotatable bonds is 9. The highest BCUT2D eigenvalue weighted by Gasteiger charge is 2.30. The van der Waals surface area contributed by atoms with E-state index in [2.05, 4.69) is 81.0 Å². The smallest absolute Gasteiger partial charge is 0.410 e. The quantitative estimate of drug-likeness (QED) is 0.139. The van der Waals surface area contributed by atoms with Crippen LogP contribution in [0.1, 0.15) is 69.2 Å². The fourth-order valence-electron chi connectivity index (χ4n) is 6.08. The second-order valence-corrected chi connectivity index (χ2v) is 20.6. The molecule has 0 bridgehead atoms. The lowest BCUT2D eigenvalue weighted by Crippen LogP contribution is -2.43. The Labute approximate surface area is 269 Å². The number of ether oxygens (including phenoxy) is 2. The van der Waals surface area contributed by atoms with Gasteiger partial charge in [0.05, 0.1) is 11.4 Å². The normalized spacial score (nSPS) is 15.5. The number of carbonyl (C=O) groups is 1. The van der Waals surface area contributed by atoms with Crippen molar-refractivity contribution in [2.45, 2.75) is 111 Å². The first-order chi connectivity index (χ1) is 21.1. The molecule has 0 spiro atoms. The molecular weight excluding hydrogens is 581 g/mol. The van der Waals surface area contributed by atoms with Crippen LogP contribution in [0.15, 0.2) is 36.8 Å². The molecule has 0 radical (unpaired) electrons. The molecule has 3 aromatic heterocycles.